The van der Waals surface area contributed by atoms with Crippen molar-refractivity contribution >= 4 is 34.9 Å². The van der Waals surface area contributed by atoms with Crippen LogP contribution >= 0.6 is 0 Å². The van der Waals surface area contributed by atoms with Crippen molar-refractivity contribution in [3.8, 4) is 0 Å². The molecule has 3 amide bonds. The lowest BCUT2D eigenvalue weighted by Crippen LogP contribution is -2.48. The van der Waals surface area contributed by atoms with Gasteiger partial charge in [-0.05, 0) is 36.0 Å². The Morgan fingerprint density at radius 3 is 2.28 bits per heavy atom. The number of benzene rings is 1. The molecular formula is C28H40N6O5. The number of carbonyl (C=O) groups excluding carboxylic acids is 3. The highest BCUT2D eigenvalue weighted by Gasteiger charge is 2.37. The fourth-order valence-electron chi connectivity index (χ4n) is 4.78. The number of nitrogens with one attached hydrogen (secondary N) is 1. The van der Waals surface area contributed by atoms with E-state index in [-0.39, 0.29) is 67.8 Å². The summed E-state index contributed by atoms with van der Waals surface area (Å²) >= 11 is 0. The van der Waals surface area contributed by atoms with Crippen LogP contribution in [0, 0.1) is 17.8 Å². The molecule has 0 spiro atoms. The quantitative estimate of drug-likeness (QED) is 0.471. The molecule has 1 aromatic carbocycles. The van der Waals surface area contributed by atoms with Crippen molar-refractivity contribution in [2.24, 2.45) is 17.8 Å². The summed E-state index contributed by atoms with van der Waals surface area (Å²) in [6.07, 6.45) is 0.938. The van der Waals surface area contributed by atoms with Crippen molar-refractivity contribution in [1.82, 2.24) is 14.5 Å². The van der Waals surface area contributed by atoms with E-state index in [0.29, 0.717) is 0 Å². The first-order chi connectivity index (χ1) is 18.3. The Morgan fingerprint density at radius 1 is 1.08 bits per heavy atom. The number of nitrogens with two attached hydrogens (primary N) is 1. The normalized spacial score (nSPS) is 15.3. The fraction of sp³-hybridized carbons (Fsp3) is 0.536. The zero-order valence-corrected chi connectivity index (χ0v) is 23.7. The molecule has 1 aliphatic rings. The number of amides is 3. The van der Waals surface area contributed by atoms with Crippen LogP contribution in [-0.2, 0) is 27.3 Å². The number of hydrogen-bond donors (Lipinski definition) is 2. The summed E-state index contributed by atoms with van der Waals surface area (Å²) in [5, 5.41) is 0. The maximum Gasteiger partial charge on any atom is 0.330 e. The number of carbonyl (C=O) groups is 3. The van der Waals surface area contributed by atoms with Crippen LogP contribution < -0.4 is 26.8 Å². The third-order valence-corrected chi connectivity index (χ3v) is 6.76. The van der Waals surface area contributed by atoms with E-state index in [1.165, 1.54) is 21.4 Å². The third kappa shape index (κ3) is 6.76. The van der Waals surface area contributed by atoms with Crippen LogP contribution in [0.15, 0.2) is 33.9 Å². The highest BCUT2D eigenvalue weighted by atomic mass is 16.2. The number of hydrogen-bond acceptors (Lipinski definition) is 6. The van der Waals surface area contributed by atoms with E-state index < -0.39 is 23.1 Å². The monoisotopic (exact) mass is 540 g/mol. The Balaban J connectivity index is 1.80. The van der Waals surface area contributed by atoms with Crippen LogP contribution in [0.5, 0.6) is 0 Å². The Labute approximate surface area is 228 Å². The molecule has 3 N–H and O–H groups in total. The van der Waals surface area contributed by atoms with Gasteiger partial charge in [0.25, 0.3) is 5.56 Å². The molecule has 0 saturated carbocycles. The number of likely N-dealkylation sites (N-methyl/N-ethyl adjacent to an activating group) is 1. The van der Waals surface area contributed by atoms with Gasteiger partial charge in [0.1, 0.15) is 5.82 Å². The number of rotatable bonds is 10. The largest absolute Gasteiger partial charge is 0.383 e. The van der Waals surface area contributed by atoms with Gasteiger partial charge >= 0.3 is 5.69 Å². The SMILES string of the molecule is CCc1ccc(N2C[C@@H](C(=O)N(C)CC(=O)N(CC(C)C)c3c(N)n(CC(C)C)c(=O)[nH]c3=O)CC2=O)cc1. The molecule has 2 aromatic rings. The number of aromatic nitrogens is 2. The van der Waals surface area contributed by atoms with Crippen molar-refractivity contribution in [3.63, 3.8) is 0 Å². The van der Waals surface area contributed by atoms with Gasteiger partial charge in [-0.15, -0.1) is 0 Å². The van der Waals surface area contributed by atoms with E-state index in [2.05, 4.69) is 11.9 Å². The summed E-state index contributed by atoms with van der Waals surface area (Å²) in [5.41, 5.74) is 6.66. The van der Waals surface area contributed by atoms with Gasteiger partial charge in [-0.3, -0.25) is 28.7 Å². The molecule has 0 radical (unpaired) electrons. The maximum absolute atomic E-state index is 13.5. The molecule has 11 nitrogen and oxygen atoms in total. The highest BCUT2D eigenvalue weighted by molar-refractivity contribution is 6.02. The minimum absolute atomic E-state index is 0.0284. The summed E-state index contributed by atoms with van der Waals surface area (Å²) in [6, 6.07) is 7.68. The van der Waals surface area contributed by atoms with Crippen LogP contribution in [0.1, 0.15) is 46.6 Å². The first-order valence-corrected chi connectivity index (χ1v) is 13.4. The van der Waals surface area contributed by atoms with E-state index in [0.717, 1.165) is 17.7 Å². The van der Waals surface area contributed by atoms with E-state index >= 15 is 0 Å². The Bertz CT molecular complexity index is 1330. The molecule has 0 aliphatic carbocycles. The lowest BCUT2D eigenvalue weighted by Gasteiger charge is -2.29. The number of H-pyrrole nitrogens is 1. The number of anilines is 3. The molecule has 212 valence electrons. The summed E-state index contributed by atoms with van der Waals surface area (Å²) in [7, 11) is 1.50. The van der Waals surface area contributed by atoms with Crippen LogP contribution in [0.25, 0.3) is 0 Å². The number of aryl methyl sites for hydroxylation is 1. The van der Waals surface area contributed by atoms with Gasteiger partial charge in [-0.2, -0.15) is 0 Å². The van der Waals surface area contributed by atoms with E-state index in [4.69, 9.17) is 5.73 Å². The summed E-state index contributed by atoms with van der Waals surface area (Å²) in [5.74, 6) is -1.64. The van der Waals surface area contributed by atoms with E-state index in [9.17, 15) is 24.0 Å². The van der Waals surface area contributed by atoms with Crippen molar-refractivity contribution in [1.29, 1.82) is 0 Å². The molecule has 1 aromatic heterocycles. The summed E-state index contributed by atoms with van der Waals surface area (Å²) in [4.78, 5) is 71.1. The predicted molar refractivity (Wildman–Crippen MR) is 152 cm³/mol. The molecule has 1 saturated heterocycles. The third-order valence-electron chi connectivity index (χ3n) is 6.76. The van der Waals surface area contributed by atoms with E-state index in [1.54, 1.807) is 4.90 Å². The molecular weight excluding hydrogens is 500 g/mol. The van der Waals surface area contributed by atoms with Gasteiger partial charge in [-0.25, -0.2) is 4.79 Å². The van der Waals surface area contributed by atoms with Crippen LogP contribution in [-0.4, -0.2) is 58.9 Å². The molecule has 39 heavy (non-hydrogen) atoms. The Kier molecular flexibility index (Phi) is 9.36. The maximum atomic E-state index is 13.5. The number of nitrogen functional groups attached to an aromatic ring is 1. The molecule has 11 heteroatoms. The first-order valence-electron chi connectivity index (χ1n) is 13.4. The lowest BCUT2D eigenvalue weighted by atomic mass is 10.1. The molecule has 1 fully saturated rings. The zero-order valence-electron chi connectivity index (χ0n) is 23.7. The smallest absolute Gasteiger partial charge is 0.330 e. The van der Waals surface area contributed by atoms with E-state index in [1.807, 2.05) is 52.0 Å². The highest BCUT2D eigenvalue weighted by Crippen LogP contribution is 2.27. The predicted octanol–water partition coefficient (Wildman–Crippen LogP) is 1.84. The zero-order chi connectivity index (χ0) is 29.0. The second-order valence-electron chi connectivity index (χ2n) is 11.0. The lowest BCUT2D eigenvalue weighted by molar-refractivity contribution is -0.137. The summed E-state index contributed by atoms with van der Waals surface area (Å²) in [6.45, 7) is 9.98. The van der Waals surface area contributed by atoms with Gasteiger partial charge in [0.15, 0.2) is 5.69 Å². The average molecular weight is 541 g/mol. The average Bonchev–Trinajstić information content (AvgIpc) is 3.26. The first kappa shape index (κ1) is 29.7. The topological polar surface area (TPSA) is 142 Å². The Hall–Kier alpha value is -3.89. The molecule has 1 aliphatic heterocycles. The molecule has 1 atom stereocenters. The van der Waals surface area contributed by atoms with Gasteiger partial charge in [0, 0.05) is 38.8 Å². The standard InChI is InChI=1S/C28H40N6O5/c1-7-19-8-10-21(11-9-19)32-15-20(12-22(32)35)27(38)31(6)16-23(36)33(13-17(2)3)24-25(29)34(14-18(4)5)28(39)30-26(24)37/h8-11,17-18,20H,7,12-16,29H2,1-6H3,(H,30,37,39)/t20-/m0/s1. The second kappa shape index (κ2) is 12.3. The minimum Gasteiger partial charge on any atom is -0.383 e. The van der Waals surface area contributed by atoms with Crippen LogP contribution in [0.4, 0.5) is 17.2 Å². The van der Waals surface area contributed by atoms with Crippen molar-refractivity contribution < 1.29 is 14.4 Å². The molecule has 0 unspecified atom stereocenters. The van der Waals surface area contributed by atoms with Gasteiger partial charge in [0.05, 0.1) is 12.5 Å². The van der Waals surface area contributed by atoms with Crippen molar-refractivity contribution in [3.05, 3.63) is 50.7 Å². The summed E-state index contributed by atoms with van der Waals surface area (Å²) < 4.78 is 1.25. The molecule has 0 bridgehead atoms. The van der Waals surface area contributed by atoms with Gasteiger partial charge in [0.2, 0.25) is 17.7 Å². The Morgan fingerprint density at radius 2 is 1.72 bits per heavy atom. The number of nitrogens with zero attached hydrogens (tertiary/aromatic N) is 4. The molecule has 3 rings (SSSR count). The molecule has 2 heterocycles. The van der Waals surface area contributed by atoms with Gasteiger partial charge < -0.3 is 20.4 Å². The minimum atomic E-state index is -0.758. The van der Waals surface area contributed by atoms with Gasteiger partial charge in [-0.1, -0.05) is 46.8 Å². The second-order valence-corrected chi connectivity index (χ2v) is 11.0. The van der Waals surface area contributed by atoms with Crippen LogP contribution in [0.3, 0.4) is 0 Å². The van der Waals surface area contributed by atoms with Crippen molar-refractivity contribution in [2.45, 2.75) is 54.0 Å². The van der Waals surface area contributed by atoms with Crippen LogP contribution in [0.2, 0.25) is 0 Å². The number of aromatic amines is 1. The van der Waals surface area contributed by atoms with Crippen molar-refractivity contribution in [2.75, 3.05) is 42.2 Å². The fourth-order valence-corrected chi connectivity index (χ4v) is 4.78.